The molecule has 3 aromatic rings. The highest BCUT2D eigenvalue weighted by molar-refractivity contribution is 6.32. The maximum absolute atomic E-state index is 11.8. The highest BCUT2D eigenvalue weighted by Crippen LogP contribution is 2.32. The number of ether oxygens (including phenoxy) is 1. The molecule has 0 bridgehead atoms. The summed E-state index contributed by atoms with van der Waals surface area (Å²) in [5.41, 5.74) is 6.84. The van der Waals surface area contributed by atoms with Crippen LogP contribution in [-0.4, -0.2) is 47.5 Å². The fourth-order valence-electron chi connectivity index (χ4n) is 3.74. The molecule has 4 N–H and O–H groups in total. The van der Waals surface area contributed by atoms with Crippen LogP contribution >= 0.6 is 24.0 Å². The van der Waals surface area contributed by atoms with Gasteiger partial charge in [-0.05, 0) is 48.7 Å². The van der Waals surface area contributed by atoms with E-state index in [1.54, 1.807) is 19.2 Å². The van der Waals surface area contributed by atoms with Crippen LogP contribution in [0.3, 0.4) is 0 Å². The summed E-state index contributed by atoms with van der Waals surface area (Å²) in [5.74, 6) is 1.38. The van der Waals surface area contributed by atoms with Crippen LogP contribution in [0.1, 0.15) is 28.8 Å². The number of halogens is 2. The lowest BCUT2D eigenvalue weighted by molar-refractivity contribution is 0.100. The van der Waals surface area contributed by atoms with E-state index in [2.05, 4.69) is 20.4 Å². The second kappa shape index (κ2) is 10.2. The number of nitrogens with zero attached hydrogens (tertiary/aromatic N) is 3. The van der Waals surface area contributed by atoms with Gasteiger partial charge in [0.2, 0.25) is 5.91 Å². The standard InChI is InChI=1S/C22H24ClN5O3.ClH/c1-31-19-5-2-13(10-18(19)23)12-25-21-17-11-14(20(24)30)3-4-16(17)22(27-26-21)28-8-6-15(29)7-9-28;/h2-5,10-11,15,29H,6-9,12H2,1H3,(H2,24,30)(H,25,26);1H. The van der Waals surface area contributed by atoms with Crippen LogP contribution in [0, 0.1) is 0 Å². The van der Waals surface area contributed by atoms with Gasteiger partial charge in [-0.3, -0.25) is 4.79 Å². The maximum atomic E-state index is 11.8. The Kier molecular flexibility index (Phi) is 7.60. The van der Waals surface area contributed by atoms with Gasteiger partial charge < -0.3 is 25.8 Å². The number of primary amides is 1. The molecule has 2 heterocycles. The molecular formula is C22H25Cl2N5O3. The summed E-state index contributed by atoms with van der Waals surface area (Å²) in [6.45, 7) is 1.85. The van der Waals surface area contributed by atoms with Crippen molar-refractivity contribution in [2.24, 2.45) is 5.73 Å². The average Bonchev–Trinajstić information content (AvgIpc) is 2.77. The van der Waals surface area contributed by atoms with Crippen molar-refractivity contribution in [2.75, 3.05) is 30.4 Å². The second-order valence-corrected chi connectivity index (χ2v) is 7.94. The van der Waals surface area contributed by atoms with Gasteiger partial charge in [0.25, 0.3) is 0 Å². The minimum atomic E-state index is -0.505. The predicted molar refractivity (Wildman–Crippen MR) is 128 cm³/mol. The van der Waals surface area contributed by atoms with Gasteiger partial charge in [-0.1, -0.05) is 17.7 Å². The average molecular weight is 478 g/mol. The normalized spacial score (nSPS) is 14.2. The zero-order chi connectivity index (χ0) is 22.0. The summed E-state index contributed by atoms with van der Waals surface area (Å²) in [7, 11) is 1.57. The lowest BCUT2D eigenvalue weighted by atomic mass is 10.0. The molecule has 0 radical (unpaired) electrons. The number of rotatable bonds is 6. The van der Waals surface area contributed by atoms with Crippen LogP contribution in [0.4, 0.5) is 11.6 Å². The van der Waals surface area contributed by atoms with E-state index < -0.39 is 5.91 Å². The van der Waals surface area contributed by atoms with Crippen LogP contribution < -0.4 is 20.7 Å². The molecule has 0 saturated carbocycles. The lowest BCUT2D eigenvalue weighted by Gasteiger charge is -2.31. The number of aliphatic hydroxyl groups is 1. The molecule has 0 aliphatic carbocycles. The van der Waals surface area contributed by atoms with Crippen LogP contribution in [0.25, 0.3) is 10.8 Å². The summed E-state index contributed by atoms with van der Waals surface area (Å²) >= 11 is 6.22. The lowest BCUT2D eigenvalue weighted by Crippen LogP contribution is -2.36. The molecule has 1 aliphatic heterocycles. The van der Waals surface area contributed by atoms with Crippen molar-refractivity contribution >= 4 is 52.3 Å². The van der Waals surface area contributed by atoms with Crippen molar-refractivity contribution in [3.05, 3.63) is 52.5 Å². The number of carbonyl (C=O) groups excluding carboxylic acids is 1. The van der Waals surface area contributed by atoms with Crippen LogP contribution in [0.2, 0.25) is 5.02 Å². The largest absolute Gasteiger partial charge is 0.495 e. The SMILES string of the molecule is COc1ccc(CNc2nnc(N3CCC(O)CC3)c3ccc(C(N)=O)cc23)cc1Cl.Cl. The highest BCUT2D eigenvalue weighted by Gasteiger charge is 2.22. The van der Waals surface area contributed by atoms with Crippen molar-refractivity contribution in [1.29, 1.82) is 0 Å². The fourth-order valence-corrected chi connectivity index (χ4v) is 4.02. The monoisotopic (exact) mass is 477 g/mol. The number of nitrogens with two attached hydrogens (primary N) is 1. The topological polar surface area (TPSA) is 114 Å². The molecule has 10 heteroatoms. The fraction of sp³-hybridized carbons (Fsp3) is 0.318. The van der Waals surface area contributed by atoms with Gasteiger partial charge in [-0.25, -0.2) is 0 Å². The van der Waals surface area contributed by atoms with Crippen LogP contribution in [0.15, 0.2) is 36.4 Å². The van der Waals surface area contributed by atoms with E-state index in [0.29, 0.717) is 54.6 Å². The number of carbonyl (C=O) groups is 1. The number of aromatic nitrogens is 2. The maximum Gasteiger partial charge on any atom is 0.248 e. The number of hydrogen-bond donors (Lipinski definition) is 3. The quantitative estimate of drug-likeness (QED) is 0.498. The van der Waals surface area contributed by atoms with Crippen LogP contribution in [-0.2, 0) is 6.54 Å². The number of anilines is 2. The first-order valence-electron chi connectivity index (χ1n) is 10.1. The second-order valence-electron chi connectivity index (χ2n) is 7.54. The number of piperidine rings is 1. The Hall–Kier alpha value is -2.81. The Morgan fingerprint density at radius 3 is 2.62 bits per heavy atom. The Labute approximate surface area is 197 Å². The summed E-state index contributed by atoms with van der Waals surface area (Å²) in [6.07, 6.45) is 1.08. The van der Waals surface area contributed by atoms with Gasteiger partial charge in [-0.15, -0.1) is 22.6 Å². The summed E-state index contributed by atoms with van der Waals surface area (Å²) in [4.78, 5) is 13.9. The molecular weight excluding hydrogens is 453 g/mol. The molecule has 8 nitrogen and oxygen atoms in total. The molecule has 4 rings (SSSR count). The minimum absolute atomic E-state index is 0. The number of hydrogen-bond acceptors (Lipinski definition) is 7. The van der Waals surface area contributed by atoms with Crippen molar-refractivity contribution in [3.63, 3.8) is 0 Å². The molecule has 1 aromatic heterocycles. The van der Waals surface area contributed by atoms with Gasteiger partial charge in [-0.2, -0.15) is 0 Å². The van der Waals surface area contributed by atoms with Gasteiger partial charge >= 0.3 is 0 Å². The smallest absolute Gasteiger partial charge is 0.248 e. The summed E-state index contributed by atoms with van der Waals surface area (Å²) in [6, 6.07) is 10.8. The molecule has 170 valence electrons. The van der Waals surface area contributed by atoms with Crippen molar-refractivity contribution < 1.29 is 14.6 Å². The number of benzene rings is 2. The molecule has 1 fully saturated rings. The molecule has 2 aromatic carbocycles. The number of aliphatic hydroxyl groups excluding tert-OH is 1. The third-order valence-corrected chi connectivity index (χ3v) is 5.78. The van der Waals surface area contributed by atoms with E-state index in [1.807, 2.05) is 24.3 Å². The number of amides is 1. The van der Waals surface area contributed by atoms with E-state index in [0.717, 1.165) is 22.2 Å². The van der Waals surface area contributed by atoms with Gasteiger partial charge in [0.15, 0.2) is 11.6 Å². The van der Waals surface area contributed by atoms with E-state index in [9.17, 15) is 9.90 Å². The van der Waals surface area contributed by atoms with Crippen molar-refractivity contribution in [2.45, 2.75) is 25.5 Å². The van der Waals surface area contributed by atoms with E-state index >= 15 is 0 Å². The zero-order valence-corrected chi connectivity index (χ0v) is 19.1. The minimum Gasteiger partial charge on any atom is -0.495 e. The van der Waals surface area contributed by atoms with Crippen molar-refractivity contribution in [3.8, 4) is 5.75 Å². The third kappa shape index (κ3) is 4.98. The van der Waals surface area contributed by atoms with Gasteiger partial charge in [0, 0.05) is 36.0 Å². The molecule has 1 saturated heterocycles. The highest BCUT2D eigenvalue weighted by atomic mass is 35.5. The molecule has 0 atom stereocenters. The molecule has 0 spiro atoms. The Balaban J connectivity index is 0.00000289. The van der Waals surface area contributed by atoms with E-state index in [4.69, 9.17) is 22.1 Å². The zero-order valence-electron chi connectivity index (χ0n) is 17.5. The van der Waals surface area contributed by atoms with Crippen molar-refractivity contribution in [1.82, 2.24) is 10.2 Å². The number of methoxy groups -OCH3 is 1. The Morgan fingerprint density at radius 2 is 1.97 bits per heavy atom. The van der Waals surface area contributed by atoms with E-state index in [-0.39, 0.29) is 18.5 Å². The first kappa shape index (κ1) is 23.8. The van der Waals surface area contributed by atoms with Gasteiger partial charge in [0.05, 0.1) is 18.2 Å². The molecule has 1 amide bonds. The Morgan fingerprint density at radius 1 is 1.22 bits per heavy atom. The molecule has 32 heavy (non-hydrogen) atoms. The summed E-state index contributed by atoms with van der Waals surface area (Å²) < 4.78 is 5.19. The first-order valence-corrected chi connectivity index (χ1v) is 10.4. The third-order valence-electron chi connectivity index (χ3n) is 5.49. The number of fused-ring (bicyclic) bond motifs is 1. The Bertz CT molecular complexity index is 1120. The molecule has 0 unspecified atom stereocenters. The van der Waals surface area contributed by atoms with Gasteiger partial charge in [0.1, 0.15) is 5.75 Å². The predicted octanol–water partition coefficient (Wildman–Crippen LogP) is 3.39. The summed E-state index contributed by atoms with van der Waals surface area (Å²) in [5, 5.41) is 24.1. The van der Waals surface area contributed by atoms with Crippen LogP contribution in [0.5, 0.6) is 5.75 Å². The van der Waals surface area contributed by atoms with E-state index in [1.165, 1.54) is 0 Å². The first-order chi connectivity index (χ1) is 15.0. The number of nitrogens with one attached hydrogen (secondary N) is 1. The molecule has 1 aliphatic rings.